The first-order valence-electron chi connectivity index (χ1n) is 13.8. The molecule has 42 heavy (non-hydrogen) atoms. The van der Waals surface area contributed by atoms with Crippen LogP contribution in [0.3, 0.4) is 0 Å². The van der Waals surface area contributed by atoms with Crippen molar-refractivity contribution in [2.75, 3.05) is 34.2 Å². The van der Waals surface area contributed by atoms with Gasteiger partial charge in [0.2, 0.25) is 12.5 Å². The Hall–Kier alpha value is -3.33. The number of cyclic esters (lactones) is 1. The number of carbonyl (C=O) groups is 1. The van der Waals surface area contributed by atoms with Crippen LogP contribution in [0.15, 0.2) is 24.3 Å². The zero-order chi connectivity index (χ0) is 29.3. The van der Waals surface area contributed by atoms with Gasteiger partial charge < -0.3 is 58.0 Å². The van der Waals surface area contributed by atoms with Crippen molar-refractivity contribution in [2.24, 2.45) is 11.8 Å². The van der Waals surface area contributed by atoms with Crippen LogP contribution < -0.4 is 18.9 Å². The number of rotatable bonds is 5. The molecule has 0 radical (unpaired) electrons. The molecule has 0 bridgehead atoms. The van der Waals surface area contributed by atoms with Crippen molar-refractivity contribution < 1.29 is 62.7 Å². The zero-order valence-corrected chi connectivity index (χ0v) is 23.1. The lowest BCUT2D eigenvalue weighted by Crippen LogP contribution is -2.63. The number of aliphatic hydroxyl groups is 2. The normalized spacial score (nSPS) is 36.5. The maximum absolute atomic E-state index is 13.4. The molecule has 0 saturated carbocycles. The highest BCUT2D eigenvalue weighted by molar-refractivity contribution is 5.79. The predicted octanol–water partition coefficient (Wildman–Crippen LogP) is 1.34. The summed E-state index contributed by atoms with van der Waals surface area (Å²) in [4.78, 5) is 13.4. The van der Waals surface area contributed by atoms with E-state index in [-0.39, 0.29) is 37.3 Å². The third kappa shape index (κ3) is 4.26. The van der Waals surface area contributed by atoms with Gasteiger partial charge in [0, 0.05) is 11.8 Å². The molecule has 0 amide bonds. The average molecular weight is 589 g/mol. The van der Waals surface area contributed by atoms with Crippen LogP contribution in [0.2, 0.25) is 0 Å². The molecule has 3 saturated heterocycles. The van der Waals surface area contributed by atoms with E-state index in [0.717, 1.165) is 0 Å². The summed E-state index contributed by atoms with van der Waals surface area (Å²) in [6, 6.07) is 6.93. The predicted molar refractivity (Wildman–Crippen MR) is 138 cm³/mol. The van der Waals surface area contributed by atoms with Crippen LogP contribution >= 0.6 is 0 Å². The van der Waals surface area contributed by atoms with Gasteiger partial charge >= 0.3 is 5.97 Å². The van der Waals surface area contributed by atoms with E-state index < -0.39 is 66.8 Å². The molecule has 3 fully saturated rings. The molecule has 0 spiro atoms. The maximum Gasteiger partial charge on any atom is 0.310 e. The zero-order valence-electron chi connectivity index (χ0n) is 23.1. The van der Waals surface area contributed by atoms with Crippen LogP contribution in [-0.2, 0) is 28.5 Å². The maximum atomic E-state index is 13.4. The van der Waals surface area contributed by atoms with E-state index >= 15 is 0 Å². The fourth-order valence-corrected chi connectivity index (χ4v) is 6.74. The van der Waals surface area contributed by atoms with Crippen LogP contribution in [0.1, 0.15) is 35.6 Å². The van der Waals surface area contributed by atoms with E-state index in [2.05, 4.69) is 0 Å². The van der Waals surface area contributed by atoms with Crippen molar-refractivity contribution in [3.05, 3.63) is 41.0 Å². The van der Waals surface area contributed by atoms with Gasteiger partial charge in [-0.25, -0.2) is 0 Å². The minimum atomic E-state index is -1.44. The van der Waals surface area contributed by atoms with Crippen molar-refractivity contribution >= 4 is 5.97 Å². The number of aliphatic hydroxyl groups excluding tert-OH is 2. The van der Waals surface area contributed by atoms with E-state index in [1.54, 1.807) is 31.2 Å². The molecule has 3 N–H and O–H groups in total. The van der Waals surface area contributed by atoms with Crippen LogP contribution in [0.4, 0.5) is 0 Å². The van der Waals surface area contributed by atoms with Crippen LogP contribution in [-0.4, -0.2) is 92.5 Å². The van der Waals surface area contributed by atoms with Crippen molar-refractivity contribution in [1.82, 2.24) is 0 Å². The molecule has 4 aliphatic heterocycles. The molecule has 5 aliphatic rings. The number of methoxy groups -OCH3 is 2. The summed E-state index contributed by atoms with van der Waals surface area (Å²) >= 11 is 0. The molecule has 3 unspecified atom stereocenters. The smallest absolute Gasteiger partial charge is 0.310 e. The van der Waals surface area contributed by atoms with E-state index in [4.69, 9.17) is 42.6 Å². The lowest BCUT2D eigenvalue weighted by Gasteiger charge is -2.47. The fraction of sp³-hybridized carbons (Fsp3) is 0.552. The lowest BCUT2D eigenvalue weighted by atomic mass is 9.66. The molecule has 7 rings (SSSR count). The summed E-state index contributed by atoms with van der Waals surface area (Å²) in [5.74, 6) is -1.02. The fourth-order valence-electron chi connectivity index (χ4n) is 6.74. The van der Waals surface area contributed by atoms with Gasteiger partial charge in [-0.2, -0.15) is 0 Å². The second kappa shape index (κ2) is 10.4. The second-order valence-electron chi connectivity index (χ2n) is 11.0. The molecule has 13 heteroatoms. The molecular weight excluding hydrogens is 556 g/mol. The first-order chi connectivity index (χ1) is 20.3. The van der Waals surface area contributed by atoms with Gasteiger partial charge in [0.15, 0.2) is 35.6 Å². The SMILES string of the molecule is COc1cc([C@@H]2c3cc4c(cc3C(O[C@@H]3O[C@@H]5CO[C@@H](C)O[C@H]5[C@H](O)[C@H]3O)C3COC(=O)C32)OCO4)cc(OC)c1O. The molecule has 10 atom stereocenters. The Morgan fingerprint density at radius 1 is 0.881 bits per heavy atom. The Balaban J connectivity index is 1.32. The van der Waals surface area contributed by atoms with Gasteiger partial charge in [0.25, 0.3) is 0 Å². The number of phenolic OH excluding ortho intramolecular Hbond substituents is 1. The highest BCUT2D eigenvalue weighted by Gasteiger charge is 2.56. The molecule has 4 heterocycles. The Morgan fingerprint density at radius 2 is 1.57 bits per heavy atom. The van der Waals surface area contributed by atoms with Crippen LogP contribution in [0, 0.1) is 11.8 Å². The second-order valence-corrected chi connectivity index (χ2v) is 11.0. The van der Waals surface area contributed by atoms with E-state index in [1.165, 1.54) is 14.2 Å². The Bertz CT molecular complexity index is 1350. The van der Waals surface area contributed by atoms with Gasteiger partial charge in [-0.05, 0) is 47.9 Å². The molecule has 2 aromatic rings. The quantitative estimate of drug-likeness (QED) is 0.430. The number of fused-ring (bicyclic) bond motifs is 4. The summed E-state index contributed by atoms with van der Waals surface area (Å²) in [5.41, 5.74) is 2.01. The highest BCUT2D eigenvalue weighted by Crippen LogP contribution is 2.57. The van der Waals surface area contributed by atoms with E-state index in [1.807, 2.05) is 0 Å². The van der Waals surface area contributed by atoms with Gasteiger partial charge in [-0.3, -0.25) is 4.79 Å². The number of ether oxygens (including phenoxy) is 9. The van der Waals surface area contributed by atoms with E-state index in [9.17, 15) is 20.1 Å². The summed E-state index contributed by atoms with van der Waals surface area (Å²) in [5, 5.41) is 32.5. The number of carbonyl (C=O) groups excluding carboxylic acids is 1. The summed E-state index contributed by atoms with van der Waals surface area (Å²) in [6.45, 7) is 1.93. The number of esters is 1. The topological polar surface area (TPSA) is 161 Å². The number of benzene rings is 2. The van der Waals surface area contributed by atoms with Crippen LogP contribution in [0.25, 0.3) is 0 Å². The number of hydrogen-bond acceptors (Lipinski definition) is 13. The van der Waals surface area contributed by atoms with Crippen molar-refractivity contribution in [1.29, 1.82) is 0 Å². The van der Waals surface area contributed by atoms with Gasteiger partial charge in [0.1, 0.15) is 24.4 Å². The summed E-state index contributed by atoms with van der Waals surface area (Å²) in [6.07, 6.45) is -6.80. The van der Waals surface area contributed by atoms with Gasteiger partial charge in [-0.1, -0.05) is 0 Å². The third-order valence-corrected chi connectivity index (χ3v) is 8.75. The first-order valence-corrected chi connectivity index (χ1v) is 13.8. The van der Waals surface area contributed by atoms with E-state index in [0.29, 0.717) is 28.2 Å². The Labute approximate surface area is 240 Å². The molecular formula is C29H32O13. The third-order valence-electron chi connectivity index (χ3n) is 8.75. The van der Waals surface area contributed by atoms with Crippen molar-refractivity contribution in [3.8, 4) is 28.7 Å². The summed E-state index contributed by atoms with van der Waals surface area (Å²) < 4.78 is 51.5. The standard InChI is InChI=1S/C29H32O13/c1-11-36-9-20-27(40-11)24(31)25(32)29(41-20)42-26-14-7-17-16(38-10-39-17)6-13(14)21(22-15(26)8-37-28(22)33)12-4-18(34-2)23(30)19(5-12)35-3/h4-7,11,15,20-22,24-27,29-32H,8-10H2,1-3H3/t11-,15?,20-,21-,22?,24-,25-,26?,27-,29+/m1/s1. The van der Waals surface area contributed by atoms with Crippen molar-refractivity contribution in [2.45, 2.75) is 55.9 Å². The first kappa shape index (κ1) is 27.5. The van der Waals surface area contributed by atoms with Gasteiger partial charge in [-0.15, -0.1) is 0 Å². The van der Waals surface area contributed by atoms with Crippen molar-refractivity contribution in [3.63, 3.8) is 0 Å². The monoisotopic (exact) mass is 588 g/mol. The van der Waals surface area contributed by atoms with Gasteiger partial charge in [0.05, 0.1) is 39.5 Å². The molecule has 2 aromatic carbocycles. The van der Waals surface area contributed by atoms with Crippen LogP contribution in [0.5, 0.6) is 28.7 Å². The molecule has 1 aliphatic carbocycles. The Morgan fingerprint density at radius 3 is 2.26 bits per heavy atom. The molecule has 226 valence electrons. The average Bonchev–Trinajstić information content (AvgIpc) is 3.61. The lowest BCUT2D eigenvalue weighted by molar-refractivity contribution is -0.364. The largest absolute Gasteiger partial charge is 0.502 e. The minimum absolute atomic E-state index is 0.0301. The Kier molecular flexibility index (Phi) is 6.83. The summed E-state index contributed by atoms with van der Waals surface area (Å²) in [7, 11) is 2.86. The molecule has 13 nitrogen and oxygen atoms in total. The highest BCUT2D eigenvalue weighted by atomic mass is 16.8. The number of hydrogen-bond donors (Lipinski definition) is 3. The molecule has 0 aromatic heterocycles. The number of phenols is 1. The number of aromatic hydroxyl groups is 1. The minimum Gasteiger partial charge on any atom is -0.502 e.